The topological polar surface area (TPSA) is 84.4 Å². The quantitative estimate of drug-likeness (QED) is 0.457. The molecule has 8 nitrogen and oxygen atoms in total. The summed E-state index contributed by atoms with van der Waals surface area (Å²) in [5, 5.41) is 10.8. The van der Waals surface area contributed by atoms with Crippen LogP contribution in [0.15, 0.2) is 24.3 Å². The molecule has 2 saturated heterocycles. The van der Waals surface area contributed by atoms with Gasteiger partial charge in [0.1, 0.15) is 6.04 Å². The molecule has 1 aromatic carbocycles. The van der Waals surface area contributed by atoms with E-state index in [0.717, 1.165) is 37.8 Å². The molecule has 1 aromatic rings. The number of carbonyl (C=O) groups is 3. The first-order chi connectivity index (χ1) is 20.4. The van der Waals surface area contributed by atoms with Gasteiger partial charge in [-0.3, -0.25) is 19.3 Å². The molecule has 1 aliphatic carbocycles. The summed E-state index contributed by atoms with van der Waals surface area (Å²) in [7, 11) is 3.46. The fourth-order valence-electron chi connectivity index (χ4n) is 7.36. The average molecular weight is 631 g/mol. The lowest BCUT2D eigenvalue weighted by atomic mass is 9.74. The second kappa shape index (κ2) is 12.9. The van der Waals surface area contributed by atoms with E-state index >= 15 is 0 Å². The highest BCUT2D eigenvalue weighted by molar-refractivity contribution is 6.30. The Kier molecular flexibility index (Phi) is 10.2. The van der Waals surface area contributed by atoms with Crippen LogP contribution in [-0.4, -0.2) is 106 Å². The molecule has 0 radical (unpaired) electrons. The Balaban J connectivity index is 1.70. The zero-order valence-corrected chi connectivity index (χ0v) is 29.2. The number of likely N-dealkylation sites (tertiary alicyclic amines) is 2. The fraction of sp³-hybridized carbons (Fsp3) is 0.743. The molecule has 4 atom stereocenters. The number of likely N-dealkylation sites (N-methyl/N-ethyl adjacent to an activating group) is 1. The van der Waals surface area contributed by atoms with Gasteiger partial charge in [0.25, 0.3) is 0 Å². The highest BCUT2D eigenvalue weighted by atomic mass is 35.5. The van der Waals surface area contributed by atoms with Gasteiger partial charge in [-0.2, -0.15) is 0 Å². The molecule has 2 heterocycles. The lowest BCUT2D eigenvalue weighted by molar-refractivity contribution is -0.149. The van der Waals surface area contributed by atoms with Gasteiger partial charge in [-0.25, -0.2) is 0 Å². The van der Waals surface area contributed by atoms with Crippen LogP contribution in [0.3, 0.4) is 0 Å². The minimum Gasteiger partial charge on any atom is -0.395 e. The van der Waals surface area contributed by atoms with Gasteiger partial charge in [0.05, 0.1) is 24.0 Å². The number of benzene rings is 1. The highest BCUT2D eigenvalue weighted by Gasteiger charge is 2.51. The summed E-state index contributed by atoms with van der Waals surface area (Å²) in [6, 6.07) is 6.84. The first-order valence-electron chi connectivity index (χ1n) is 16.3. The van der Waals surface area contributed by atoms with E-state index in [2.05, 4.69) is 39.5 Å². The number of carbonyl (C=O) groups excluding carboxylic acids is 3. The summed E-state index contributed by atoms with van der Waals surface area (Å²) in [6.45, 7) is 16.0. The molecule has 1 N–H and O–H groups in total. The standard InChI is InChI=1S/C35H55ClN4O4/c1-33(2,3)38-20-27(23-10-12-24(36)13-11-23)28(21-38)30(42)39-19-26(18-29(39)31(43)37(8)9)40(32(44)35(6,7)22-41)25-14-16-34(4,5)17-15-25/h10-13,25-29,41H,14-22H2,1-9H3/t26-,27-,28+,29-/m0/s1. The van der Waals surface area contributed by atoms with Crippen LogP contribution in [0.25, 0.3) is 0 Å². The van der Waals surface area contributed by atoms with Gasteiger partial charge in [0.2, 0.25) is 17.7 Å². The normalized spacial score (nSPS) is 26.6. The van der Waals surface area contributed by atoms with Gasteiger partial charge in [-0.05, 0) is 89.8 Å². The smallest absolute Gasteiger partial charge is 0.244 e. The van der Waals surface area contributed by atoms with Crippen molar-refractivity contribution in [3.05, 3.63) is 34.9 Å². The molecule has 2 aliphatic heterocycles. The molecule has 3 amide bonds. The maximum atomic E-state index is 14.7. The Bertz CT molecular complexity index is 1200. The average Bonchev–Trinajstić information content (AvgIpc) is 3.59. The van der Waals surface area contributed by atoms with Gasteiger partial charge in [0, 0.05) is 56.3 Å². The molecule has 3 aliphatic rings. The molecule has 9 heteroatoms. The lowest BCUT2D eigenvalue weighted by Crippen LogP contribution is -2.55. The third kappa shape index (κ3) is 7.28. The molecular weight excluding hydrogens is 576 g/mol. The van der Waals surface area contributed by atoms with Crippen LogP contribution in [0, 0.1) is 16.7 Å². The summed E-state index contributed by atoms with van der Waals surface area (Å²) in [4.78, 5) is 50.3. The summed E-state index contributed by atoms with van der Waals surface area (Å²) in [6.07, 6.45) is 4.16. The Morgan fingerprint density at radius 3 is 2.07 bits per heavy atom. The van der Waals surface area contributed by atoms with Crippen LogP contribution in [0.4, 0.5) is 0 Å². The molecule has 0 bridgehead atoms. The lowest BCUT2D eigenvalue weighted by Gasteiger charge is -2.45. The van der Waals surface area contributed by atoms with Crippen molar-refractivity contribution in [1.29, 1.82) is 0 Å². The van der Waals surface area contributed by atoms with Crippen molar-refractivity contribution >= 4 is 29.3 Å². The van der Waals surface area contributed by atoms with Gasteiger partial charge in [-0.1, -0.05) is 37.6 Å². The highest BCUT2D eigenvalue weighted by Crippen LogP contribution is 2.42. The fourth-order valence-corrected chi connectivity index (χ4v) is 7.49. The first kappa shape index (κ1) is 34.7. The van der Waals surface area contributed by atoms with E-state index in [1.54, 1.807) is 37.7 Å². The molecular formula is C35H55ClN4O4. The Labute approximate surface area is 270 Å². The number of aliphatic hydroxyl groups is 1. The summed E-state index contributed by atoms with van der Waals surface area (Å²) in [5.74, 6) is -0.620. The van der Waals surface area contributed by atoms with E-state index in [-0.39, 0.29) is 59.2 Å². The van der Waals surface area contributed by atoms with Crippen LogP contribution >= 0.6 is 11.6 Å². The Morgan fingerprint density at radius 2 is 1.55 bits per heavy atom. The number of hydrogen-bond acceptors (Lipinski definition) is 5. The molecule has 0 spiro atoms. The van der Waals surface area contributed by atoms with E-state index in [1.807, 2.05) is 29.2 Å². The van der Waals surface area contributed by atoms with E-state index in [0.29, 0.717) is 24.5 Å². The molecule has 3 fully saturated rings. The number of amides is 3. The van der Waals surface area contributed by atoms with Crippen molar-refractivity contribution < 1.29 is 19.5 Å². The van der Waals surface area contributed by atoms with Crippen LogP contribution in [0.1, 0.15) is 92.1 Å². The van der Waals surface area contributed by atoms with Crippen molar-refractivity contribution in [3.63, 3.8) is 0 Å². The van der Waals surface area contributed by atoms with Gasteiger partial charge >= 0.3 is 0 Å². The largest absolute Gasteiger partial charge is 0.395 e. The van der Waals surface area contributed by atoms with E-state index in [1.165, 1.54) is 0 Å². The maximum absolute atomic E-state index is 14.7. The molecule has 1 saturated carbocycles. The maximum Gasteiger partial charge on any atom is 0.244 e. The minimum atomic E-state index is -0.955. The summed E-state index contributed by atoms with van der Waals surface area (Å²) in [5.41, 5.74) is 0.206. The number of nitrogens with zero attached hydrogens (tertiary/aromatic N) is 4. The van der Waals surface area contributed by atoms with E-state index < -0.39 is 11.5 Å². The van der Waals surface area contributed by atoms with E-state index in [9.17, 15) is 19.5 Å². The number of aliphatic hydroxyl groups excluding tert-OH is 1. The summed E-state index contributed by atoms with van der Waals surface area (Å²) < 4.78 is 0. The second-order valence-corrected chi connectivity index (χ2v) is 16.6. The Hall–Kier alpha value is -2.16. The van der Waals surface area contributed by atoms with Crippen molar-refractivity contribution in [2.75, 3.05) is 40.3 Å². The van der Waals surface area contributed by atoms with Crippen molar-refractivity contribution in [2.24, 2.45) is 16.7 Å². The van der Waals surface area contributed by atoms with Crippen LogP contribution in [-0.2, 0) is 14.4 Å². The molecule has 44 heavy (non-hydrogen) atoms. The van der Waals surface area contributed by atoms with Gasteiger partial charge < -0.3 is 19.8 Å². The summed E-state index contributed by atoms with van der Waals surface area (Å²) >= 11 is 6.22. The van der Waals surface area contributed by atoms with Crippen molar-refractivity contribution in [3.8, 4) is 0 Å². The third-order valence-corrected chi connectivity index (χ3v) is 10.7. The van der Waals surface area contributed by atoms with Crippen molar-refractivity contribution in [2.45, 2.75) is 110 Å². The molecule has 4 rings (SSSR count). The molecule has 0 unspecified atom stereocenters. The molecule has 246 valence electrons. The first-order valence-corrected chi connectivity index (χ1v) is 16.7. The number of hydrogen-bond donors (Lipinski definition) is 1. The zero-order chi connectivity index (χ0) is 32.8. The monoisotopic (exact) mass is 630 g/mol. The van der Waals surface area contributed by atoms with Crippen LogP contribution < -0.4 is 0 Å². The predicted octanol–water partition coefficient (Wildman–Crippen LogP) is 5.03. The SMILES string of the molecule is CN(C)C(=O)[C@@H]1C[C@H](N(C(=O)C(C)(C)CO)C2CCC(C)(C)CC2)CN1C(=O)[C@@H]1CN(C(C)(C)C)C[C@H]1c1ccc(Cl)cc1. The number of rotatable bonds is 7. The Morgan fingerprint density at radius 1 is 0.955 bits per heavy atom. The van der Waals surface area contributed by atoms with E-state index in [4.69, 9.17) is 11.6 Å². The second-order valence-electron chi connectivity index (χ2n) is 16.1. The van der Waals surface area contributed by atoms with Crippen LogP contribution in [0.5, 0.6) is 0 Å². The predicted molar refractivity (Wildman–Crippen MR) is 175 cm³/mol. The zero-order valence-electron chi connectivity index (χ0n) is 28.4. The van der Waals surface area contributed by atoms with Gasteiger partial charge in [0.15, 0.2) is 0 Å². The number of halogens is 1. The third-order valence-electron chi connectivity index (χ3n) is 10.5. The van der Waals surface area contributed by atoms with Gasteiger partial charge in [-0.15, -0.1) is 0 Å². The molecule has 0 aromatic heterocycles. The van der Waals surface area contributed by atoms with Crippen LogP contribution in [0.2, 0.25) is 5.02 Å². The minimum absolute atomic E-state index is 0.0150. The van der Waals surface area contributed by atoms with Crippen molar-refractivity contribution in [1.82, 2.24) is 19.6 Å².